The Labute approximate surface area is 197 Å². The summed E-state index contributed by atoms with van der Waals surface area (Å²) in [6, 6.07) is 11.3. The highest BCUT2D eigenvalue weighted by atomic mass is 127. The minimum atomic E-state index is -0.703. The van der Waals surface area contributed by atoms with Gasteiger partial charge in [0.25, 0.3) is 0 Å². The predicted octanol–water partition coefficient (Wildman–Crippen LogP) is 3.93. The van der Waals surface area contributed by atoms with Gasteiger partial charge in [-0.1, -0.05) is 57.5 Å². The van der Waals surface area contributed by atoms with E-state index in [0.29, 0.717) is 17.3 Å². The fraction of sp³-hybridized carbons (Fsp3) is 0.682. The maximum absolute atomic E-state index is 12.2. The zero-order valence-electron chi connectivity index (χ0n) is 18.4. The van der Waals surface area contributed by atoms with Crippen molar-refractivity contribution in [1.82, 2.24) is 15.5 Å². The molecule has 0 heterocycles. The molecule has 1 aromatic carbocycles. The van der Waals surface area contributed by atoms with E-state index in [1.165, 1.54) is 5.56 Å². The standard InChI is InChI=1S/C22H38N4OS.HI/c1-5-26(6-2)21(18-12-9-8-10-13-18)17-24-22(23-4)25-19-14-11-15-20(16-19)28(27)7-3;/h8-10,12-13,19-21H,5-7,11,14-17H2,1-4H3,(H2,23,24,25);1H. The Morgan fingerprint density at radius 3 is 2.48 bits per heavy atom. The lowest BCUT2D eigenvalue weighted by Crippen LogP contribution is -2.48. The fourth-order valence-corrected chi connectivity index (χ4v) is 5.48. The van der Waals surface area contributed by atoms with Gasteiger partial charge in [0.15, 0.2) is 5.96 Å². The van der Waals surface area contributed by atoms with Crippen LogP contribution in [0.5, 0.6) is 0 Å². The number of likely N-dealkylation sites (N-methyl/N-ethyl adjacent to an activating group) is 1. The molecule has 2 rings (SSSR count). The number of halogens is 1. The summed E-state index contributed by atoms with van der Waals surface area (Å²) in [7, 11) is 1.13. The lowest BCUT2D eigenvalue weighted by Gasteiger charge is -2.33. The Hall–Kier alpha value is -0.670. The molecule has 1 saturated carbocycles. The molecular weight excluding hydrogens is 495 g/mol. The summed E-state index contributed by atoms with van der Waals surface area (Å²) in [5, 5.41) is 7.45. The van der Waals surface area contributed by atoms with Gasteiger partial charge in [-0.05, 0) is 37.9 Å². The van der Waals surface area contributed by atoms with Crippen molar-refractivity contribution >= 4 is 40.7 Å². The number of nitrogens with zero attached hydrogens (tertiary/aromatic N) is 2. The second-order valence-electron chi connectivity index (χ2n) is 7.40. The molecule has 0 aliphatic heterocycles. The van der Waals surface area contributed by atoms with Crippen molar-refractivity contribution in [3.05, 3.63) is 35.9 Å². The van der Waals surface area contributed by atoms with Gasteiger partial charge in [-0.2, -0.15) is 0 Å². The van der Waals surface area contributed by atoms with Crippen LogP contribution in [0.25, 0.3) is 0 Å². The van der Waals surface area contributed by atoms with Gasteiger partial charge >= 0.3 is 0 Å². The van der Waals surface area contributed by atoms with Crippen molar-refractivity contribution in [2.75, 3.05) is 32.4 Å². The SMILES string of the molecule is CCN(CC)C(CNC(=NC)NC1CCCC(S(=O)CC)C1)c1ccccc1.I. The van der Waals surface area contributed by atoms with Crippen LogP contribution in [0, 0.1) is 0 Å². The number of benzene rings is 1. The summed E-state index contributed by atoms with van der Waals surface area (Å²) in [5.41, 5.74) is 1.32. The third-order valence-electron chi connectivity index (χ3n) is 5.75. The van der Waals surface area contributed by atoms with E-state index in [2.05, 4.69) is 64.7 Å². The summed E-state index contributed by atoms with van der Waals surface area (Å²) >= 11 is 0. The van der Waals surface area contributed by atoms with Crippen LogP contribution in [0.15, 0.2) is 35.3 Å². The molecule has 1 aromatic rings. The van der Waals surface area contributed by atoms with E-state index in [-0.39, 0.29) is 24.0 Å². The van der Waals surface area contributed by atoms with Crippen molar-refractivity contribution in [1.29, 1.82) is 0 Å². The van der Waals surface area contributed by atoms with Gasteiger partial charge in [-0.3, -0.25) is 14.1 Å². The zero-order valence-corrected chi connectivity index (χ0v) is 21.5. The quantitative estimate of drug-likeness (QED) is 0.287. The lowest BCUT2D eigenvalue weighted by atomic mass is 9.95. The molecule has 7 heteroatoms. The summed E-state index contributed by atoms with van der Waals surface area (Å²) in [5.74, 6) is 1.61. The minimum Gasteiger partial charge on any atom is -0.354 e. The van der Waals surface area contributed by atoms with Gasteiger partial charge in [-0.25, -0.2) is 0 Å². The van der Waals surface area contributed by atoms with E-state index in [1.54, 1.807) is 0 Å². The van der Waals surface area contributed by atoms with Crippen LogP contribution in [0.4, 0.5) is 0 Å². The number of hydrogen-bond donors (Lipinski definition) is 2. The van der Waals surface area contributed by atoms with Crippen LogP contribution in [0.2, 0.25) is 0 Å². The molecule has 4 atom stereocenters. The highest BCUT2D eigenvalue weighted by Crippen LogP contribution is 2.23. The van der Waals surface area contributed by atoms with Gasteiger partial charge in [-0.15, -0.1) is 24.0 Å². The van der Waals surface area contributed by atoms with Crippen LogP contribution in [0.3, 0.4) is 0 Å². The predicted molar refractivity (Wildman–Crippen MR) is 137 cm³/mol. The van der Waals surface area contributed by atoms with Gasteiger partial charge in [0.1, 0.15) is 0 Å². The Bertz CT molecular complexity index is 624. The summed E-state index contributed by atoms with van der Waals surface area (Å²) < 4.78 is 12.2. The highest BCUT2D eigenvalue weighted by molar-refractivity contribution is 14.0. The number of rotatable bonds is 9. The van der Waals surface area contributed by atoms with Crippen molar-refractivity contribution in [2.45, 2.75) is 63.8 Å². The van der Waals surface area contributed by atoms with Crippen LogP contribution >= 0.6 is 24.0 Å². The number of aliphatic imine (C=N–C) groups is 1. The van der Waals surface area contributed by atoms with Gasteiger partial charge < -0.3 is 10.6 Å². The Morgan fingerprint density at radius 1 is 1.21 bits per heavy atom. The van der Waals surface area contributed by atoms with E-state index in [0.717, 1.165) is 57.0 Å². The molecule has 0 bridgehead atoms. The topological polar surface area (TPSA) is 56.7 Å². The molecular formula is C22H39IN4OS. The average Bonchev–Trinajstić information content (AvgIpc) is 2.75. The molecule has 1 fully saturated rings. The Kier molecular flexibility index (Phi) is 13.1. The van der Waals surface area contributed by atoms with E-state index >= 15 is 0 Å². The number of guanidine groups is 1. The molecule has 2 N–H and O–H groups in total. The van der Waals surface area contributed by atoms with Crippen LogP contribution in [-0.4, -0.2) is 58.8 Å². The molecule has 1 aliphatic rings. The summed E-state index contributed by atoms with van der Waals surface area (Å²) in [6.45, 7) is 9.27. The molecule has 0 amide bonds. The third-order valence-corrected chi connectivity index (χ3v) is 7.49. The highest BCUT2D eigenvalue weighted by Gasteiger charge is 2.26. The maximum Gasteiger partial charge on any atom is 0.191 e. The smallest absolute Gasteiger partial charge is 0.191 e. The molecule has 29 heavy (non-hydrogen) atoms. The second kappa shape index (κ2) is 14.4. The number of hydrogen-bond acceptors (Lipinski definition) is 3. The summed E-state index contributed by atoms with van der Waals surface area (Å²) in [6.07, 6.45) is 4.31. The maximum atomic E-state index is 12.2. The Balaban J connectivity index is 0.00000420. The van der Waals surface area contributed by atoms with Crippen molar-refractivity contribution in [3.63, 3.8) is 0 Å². The van der Waals surface area contributed by atoms with E-state index in [4.69, 9.17) is 0 Å². The second-order valence-corrected chi connectivity index (χ2v) is 9.41. The van der Waals surface area contributed by atoms with Gasteiger partial charge in [0.2, 0.25) is 0 Å². The van der Waals surface area contributed by atoms with Crippen LogP contribution in [-0.2, 0) is 10.8 Å². The largest absolute Gasteiger partial charge is 0.354 e. The molecule has 0 saturated heterocycles. The van der Waals surface area contributed by atoms with Crippen LogP contribution < -0.4 is 10.6 Å². The molecule has 0 spiro atoms. The van der Waals surface area contributed by atoms with E-state index < -0.39 is 10.8 Å². The summed E-state index contributed by atoms with van der Waals surface area (Å²) in [4.78, 5) is 6.92. The fourth-order valence-electron chi connectivity index (χ4n) is 4.13. The first-order valence-electron chi connectivity index (χ1n) is 10.8. The van der Waals surface area contributed by atoms with E-state index in [1.807, 2.05) is 14.0 Å². The first-order valence-corrected chi connectivity index (χ1v) is 12.1. The molecule has 1 aliphatic carbocycles. The molecule has 0 radical (unpaired) electrons. The van der Waals surface area contributed by atoms with Crippen molar-refractivity contribution in [2.24, 2.45) is 4.99 Å². The lowest BCUT2D eigenvalue weighted by molar-refractivity contribution is 0.218. The van der Waals surface area contributed by atoms with Gasteiger partial charge in [0.05, 0.1) is 6.04 Å². The molecule has 4 unspecified atom stereocenters. The zero-order chi connectivity index (χ0) is 20.4. The third kappa shape index (κ3) is 8.17. The van der Waals surface area contributed by atoms with E-state index in [9.17, 15) is 4.21 Å². The minimum absolute atomic E-state index is 0. The molecule has 166 valence electrons. The first kappa shape index (κ1) is 26.4. The van der Waals surface area contributed by atoms with Crippen molar-refractivity contribution in [3.8, 4) is 0 Å². The monoisotopic (exact) mass is 534 g/mol. The van der Waals surface area contributed by atoms with Crippen molar-refractivity contribution < 1.29 is 4.21 Å². The average molecular weight is 535 g/mol. The normalized spacial score (nSPS) is 21.9. The Morgan fingerprint density at radius 2 is 1.90 bits per heavy atom. The number of nitrogens with one attached hydrogen (secondary N) is 2. The molecule has 0 aromatic heterocycles. The molecule has 5 nitrogen and oxygen atoms in total. The van der Waals surface area contributed by atoms with Gasteiger partial charge in [0, 0.05) is 41.4 Å². The first-order chi connectivity index (χ1) is 13.6. The van der Waals surface area contributed by atoms with Crippen LogP contribution in [0.1, 0.15) is 58.1 Å².